The molecule has 0 saturated carbocycles. The number of pyridine rings is 1. The highest BCUT2D eigenvalue weighted by Gasteiger charge is 2.29. The SMILES string of the molecule is COC(=O)COC(=O)N[C@@H](CNc1nc(C)nc(N2CCC(c3ccc4c(n3)NCCC4)CC2)c1C)C(=O)OC(C)(C)C. The third-order valence-electron chi connectivity index (χ3n) is 7.37. The van der Waals surface area contributed by atoms with Crippen molar-refractivity contribution in [3.63, 3.8) is 0 Å². The number of aromatic nitrogens is 3. The number of fused-ring (bicyclic) bond motifs is 1. The number of esters is 2. The molecule has 0 bridgehead atoms. The Kier molecular flexibility index (Phi) is 10.3. The average molecular weight is 598 g/mol. The first-order valence-electron chi connectivity index (χ1n) is 14.7. The maximum absolute atomic E-state index is 12.9. The number of ether oxygens (including phenoxy) is 3. The first-order valence-corrected chi connectivity index (χ1v) is 14.7. The minimum absolute atomic E-state index is 0.0287. The maximum Gasteiger partial charge on any atom is 0.408 e. The van der Waals surface area contributed by atoms with Crippen LogP contribution < -0.4 is 20.9 Å². The number of rotatable bonds is 9. The Labute approximate surface area is 252 Å². The molecule has 0 aliphatic carbocycles. The number of hydrogen-bond donors (Lipinski definition) is 3. The zero-order chi connectivity index (χ0) is 31.1. The fourth-order valence-corrected chi connectivity index (χ4v) is 5.18. The van der Waals surface area contributed by atoms with E-state index in [4.69, 9.17) is 19.4 Å². The molecule has 43 heavy (non-hydrogen) atoms. The second-order valence-corrected chi connectivity index (χ2v) is 11.9. The van der Waals surface area contributed by atoms with Crippen molar-refractivity contribution < 1.29 is 28.6 Å². The third-order valence-corrected chi connectivity index (χ3v) is 7.37. The number of nitrogens with one attached hydrogen (secondary N) is 3. The van der Waals surface area contributed by atoms with Crippen LogP contribution in [-0.4, -0.2) is 84.5 Å². The molecule has 1 amide bonds. The zero-order valence-electron chi connectivity index (χ0n) is 25.9. The summed E-state index contributed by atoms with van der Waals surface area (Å²) in [7, 11) is 1.18. The summed E-state index contributed by atoms with van der Waals surface area (Å²) in [5.41, 5.74) is 2.48. The van der Waals surface area contributed by atoms with Gasteiger partial charge >= 0.3 is 18.0 Å². The van der Waals surface area contributed by atoms with Gasteiger partial charge in [-0.3, -0.25) is 0 Å². The van der Waals surface area contributed by atoms with Gasteiger partial charge in [0.2, 0.25) is 0 Å². The van der Waals surface area contributed by atoms with Crippen LogP contribution in [0.5, 0.6) is 0 Å². The zero-order valence-corrected chi connectivity index (χ0v) is 25.9. The van der Waals surface area contributed by atoms with Gasteiger partial charge in [0, 0.05) is 43.4 Å². The molecule has 2 aliphatic heterocycles. The summed E-state index contributed by atoms with van der Waals surface area (Å²) in [4.78, 5) is 53.1. The van der Waals surface area contributed by atoms with E-state index >= 15 is 0 Å². The molecule has 1 atom stereocenters. The Balaban J connectivity index is 1.42. The molecule has 1 fully saturated rings. The van der Waals surface area contributed by atoms with Gasteiger partial charge in [0.05, 0.1) is 7.11 Å². The van der Waals surface area contributed by atoms with E-state index in [0.717, 1.165) is 68.2 Å². The van der Waals surface area contributed by atoms with Gasteiger partial charge in [0.15, 0.2) is 6.61 Å². The maximum atomic E-state index is 12.9. The highest BCUT2D eigenvalue weighted by molar-refractivity contribution is 5.83. The van der Waals surface area contributed by atoms with Crippen molar-refractivity contribution in [2.75, 3.05) is 55.4 Å². The molecule has 1 saturated heterocycles. The number of hydrogen-bond acceptors (Lipinski definition) is 12. The average Bonchev–Trinajstić information content (AvgIpc) is 2.98. The number of methoxy groups -OCH3 is 1. The fraction of sp³-hybridized carbons (Fsp3) is 0.600. The van der Waals surface area contributed by atoms with Crippen LogP contribution in [0, 0.1) is 13.8 Å². The Bertz CT molecular complexity index is 1320. The van der Waals surface area contributed by atoms with Crippen LogP contribution in [0.15, 0.2) is 12.1 Å². The van der Waals surface area contributed by atoms with Crippen molar-refractivity contribution in [1.82, 2.24) is 20.3 Å². The van der Waals surface area contributed by atoms with Crippen molar-refractivity contribution in [3.8, 4) is 0 Å². The number of anilines is 3. The molecule has 2 aromatic heterocycles. The Hall–Kier alpha value is -4.16. The van der Waals surface area contributed by atoms with E-state index in [1.807, 2.05) is 13.8 Å². The molecule has 0 spiro atoms. The summed E-state index contributed by atoms with van der Waals surface area (Å²) in [5.74, 6) is 1.98. The first-order chi connectivity index (χ1) is 20.4. The molecule has 13 heteroatoms. The van der Waals surface area contributed by atoms with Gasteiger partial charge in [-0.1, -0.05) is 6.07 Å². The van der Waals surface area contributed by atoms with E-state index in [0.29, 0.717) is 17.6 Å². The number of piperidine rings is 1. The lowest BCUT2D eigenvalue weighted by Gasteiger charge is -2.34. The normalized spacial score (nSPS) is 15.9. The summed E-state index contributed by atoms with van der Waals surface area (Å²) in [5, 5.41) is 9.09. The van der Waals surface area contributed by atoms with Crippen LogP contribution in [0.4, 0.5) is 22.2 Å². The summed E-state index contributed by atoms with van der Waals surface area (Å²) in [6.07, 6.45) is 3.17. The molecule has 234 valence electrons. The summed E-state index contributed by atoms with van der Waals surface area (Å²) >= 11 is 0. The smallest absolute Gasteiger partial charge is 0.408 e. The second-order valence-electron chi connectivity index (χ2n) is 11.9. The number of alkyl carbamates (subject to hydrolysis) is 1. The van der Waals surface area contributed by atoms with Crippen LogP contribution in [0.3, 0.4) is 0 Å². The van der Waals surface area contributed by atoms with Crippen molar-refractivity contribution >= 4 is 35.5 Å². The van der Waals surface area contributed by atoms with E-state index in [1.165, 1.54) is 12.7 Å². The standard InChI is InChI=1S/C30H43N7O6/c1-18-25(32-16-23(28(39)43-30(3,4)5)36-29(40)42-17-24(38)41-6)33-19(2)34-27(18)37-14-11-20(12-15-37)22-10-9-21-8-7-13-31-26(21)35-22/h9-10,20,23H,7-8,11-17H2,1-6H3,(H,31,35)(H,36,40)(H,32,33,34)/t23-/m0/s1. The van der Waals surface area contributed by atoms with Gasteiger partial charge in [-0.25, -0.2) is 29.3 Å². The van der Waals surface area contributed by atoms with Crippen molar-refractivity contribution in [3.05, 3.63) is 34.8 Å². The highest BCUT2D eigenvalue weighted by atomic mass is 16.6. The van der Waals surface area contributed by atoms with Gasteiger partial charge in [0.1, 0.15) is 34.9 Å². The van der Waals surface area contributed by atoms with Gasteiger partial charge in [-0.2, -0.15) is 0 Å². The molecule has 3 N–H and O–H groups in total. The minimum atomic E-state index is -1.11. The molecule has 13 nitrogen and oxygen atoms in total. The fourth-order valence-electron chi connectivity index (χ4n) is 5.18. The molecule has 2 aromatic rings. The lowest BCUT2D eigenvalue weighted by Crippen LogP contribution is -2.48. The molecular weight excluding hydrogens is 554 g/mol. The number of amides is 1. The molecule has 0 unspecified atom stereocenters. The monoisotopic (exact) mass is 597 g/mol. The Morgan fingerprint density at radius 3 is 2.56 bits per heavy atom. The Morgan fingerprint density at radius 1 is 1.12 bits per heavy atom. The number of aryl methyl sites for hydroxylation is 2. The molecule has 4 rings (SSSR count). The number of nitrogens with zero attached hydrogens (tertiary/aromatic N) is 4. The van der Waals surface area contributed by atoms with Crippen LogP contribution in [0.2, 0.25) is 0 Å². The van der Waals surface area contributed by atoms with Crippen LogP contribution in [0.1, 0.15) is 68.6 Å². The van der Waals surface area contributed by atoms with Crippen molar-refractivity contribution in [2.24, 2.45) is 0 Å². The van der Waals surface area contributed by atoms with Crippen LogP contribution in [0.25, 0.3) is 0 Å². The predicted molar refractivity (Wildman–Crippen MR) is 161 cm³/mol. The summed E-state index contributed by atoms with van der Waals surface area (Å²) < 4.78 is 14.8. The second kappa shape index (κ2) is 13.9. The third kappa shape index (κ3) is 8.68. The molecule has 4 heterocycles. The lowest BCUT2D eigenvalue weighted by atomic mass is 9.92. The topological polar surface area (TPSA) is 157 Å². The summed E-state index contributed by atoms with van der Waals surface area (Å²) in [6.45, 7) is 10.9. The van der Waals surface area contributed by atoms with Gasteiger partial charge in [-0.15, -0.1) is 0 Å². The number of carbonyl (C=O) groups is 3. The van der Waals surface area contributed by atoms with E-state index in [9.17, 15) is 14.4 Å². The molecular formula is C30H43N7O6. The van der Waals surface area contributed by atoms with Gasteiger partial charge in [-0.05, 0) is 71.9 Å². The Morgan fingerprint density at radius 2 is 1.86 bits per heavy atom. The summed E-state index contributed by atoms with van der Waals surface area (Å²) in [6, 6.07) is 3.27. The van der Waals surface area contributed by atoms with E-state index in [1.54, 1.807) is 20.8 Å². The predicted octanol–water partition coefficient (Wildman–Crippen LogP) is 3.25. The minimum Gasteiger partial charge on any atom is -0.466 e. The highest BCUT2D eigenvalue weighted by Crippen LogP contribution is 2.33. The first kappa shape index (κ1) is 31.8. The largest absolute Gasteiger partial charge is 0.466 e. The molecule has 0 radical (unpaired) electrons. The number of carbonyl (C=O) groups excluding carboxylic acids is 3. The van der Waals surface area contributed by atoms with Crippen LogP contribution in [-0.2, 0) is 30.2 Å². The quantitative estimate of drug-likeness (QED) is 0.287. The molecule has 2 aliphatic rings. The van der Waals surface area contributed by atoms with Crippen molar-refractivity contribution in [1.29, 1.82) is 0 Å². The van der Waals surface area contributed by atoms with Gasteiger partial charge in [0.25, 0.3) is 0 Å². The lowest BCUT2D eigenvalue weighted by molar-refractivity contribution is -0.156. The van der Waals surface area contributed by atoms with Crippen molar-refractivity contribution in [2.45, 2.75) is 77.9 Å². The van der Waals surface area contributed by atoms with E-state index in [-0.39, 0.29) is 6.54 Å². The van der Waals surface area contributed by atoms with E-state index in [2.05, 4.69) is 42.7 Å². The van der Waals surface area contributed by atoms with E-state index < -0.39 is 36.3 Å². The van der Waals surface area contributed by atoms with Gasteiger partial charge < -0.3 is 35.1 Å². The molecule has 0 aromatic carbocycles. The van der Waals surface area contributed by atoms with Crippen LogP contribution >= 0.6 is 0 Å².